The third-order valence-electron chi connectivity index (χ3n) is 2.98. The van der Waals surface area contributed by atoms with Gasteiger partial charge in [0.1, 0.15) is 0 Å². The predicted molar refractivity (Wildman–Crippen MR) is 77.8 cm³/mol. The average Bonchev–Trinajstić information content (AvgIpc) is 2.34. The molecule has 0 bridgehead atoms. The van der Waals surface area contributed by atoms with E-state index in [9.17, 15) is 0 Å². The maximum atomic E-state index is 3.91. The van der Waals surface area contributed by atoms with E-state index in [-0.39, 0.29) is 0 Å². The Kier molecular flexibility index (Phi) is 16.2. The third-order valence-corrected chi connectivity index (χ3v) is 2.98. The molecule has 0 nitrogen and oxygen atoms in total. The van der Waals surface area contributed by atoms with Crippen LogP contribution in [0.2, 0.25) is 0 Å². The Morgan fingerprint density at radius 2 is 1.00 bits per heavy atom. The highest BCUT2D eigenvalue weighted by atomic mass is 14.2. The average molecular weight is 224 g/mol. The molecule has 0 aromatic rings. The maximum absolute atomic E-state index is 3.91. The van der Waals surface area contributed by atoms with Crippen molar-refractivity contribution in [2.75, 3.05) is 0 Å². The van der Waals surface area contributed by atoms with Gasteiger partial charge in [0.05, 0.1) is 0 Å². The summed E-state index contributed by atoms with van der Waals surface area (Å²) in [4.78, 5) is 0. The van der Waals surface area contributed by atoms with E-state index in [1.165, 1.54) is 38.5 Å². The Bertz CT molecular complexity index is 128. The Morgan fingerprint density at radius 1 is 0.688 bits per heavy atom. The summed E-state index contributed by atoms with van der Waals surface area (Å²) in [7, 11) is 0. The van der Waals surface area contributed by atoms with Gasteiger partial charge in [-0.3, -0.25) is 0 Å². The summed E-state index contributed by atoms with van der Waals surface area (Å²) in [6, 6.07) is 0. The first-order chi connectivity index (χ1) is 7.88. The van der Waals surface area contributed by atoms with Gasteiger partial charge < -0.3 is 0 Å². The van der Waals surface area contributed by atoms with Crippen molar-refractivity contribution in [1.82, 2.24) is 0 Å². The number of allylic oxidation sites excluding steroid dienone is 2. The highest BCUT2D eigenvalue weighted by Crippen LogP contribution is 2.29. The van der Waals surface area contributed by atoms with Gasteiger partial charge in [0.2, 0.25) is 0 Å². The Hall–Kier alpha value is -0.520. The molecular formula is C16H32. The van der Waals surface area contributed by atoms with Crippen LogP contribution in [0, 0.1) is 11.8 Å². The zero-order valence-electron chi connectivity index (χ0n) is 12.0. The van der Waals surface area contributed by atoms with Crippen molar-refractivity contribution in [2.45, 2.75) is 66.2 Å². The third kappa shape index (κ3) is 7.73. The van der Waals surface area contributed by atoms with Crippen LogP contribution in [-0.4, -0.2) is 0 Å². The van der Waals surface area contributed by atoms with E-state index >= 15 is 0 Å². The summed E-state index contributed by atoms with van der Waals surface area (Å²) in [5, 5.41) is 0. The van der Waals surface area contributed by atoms with Crippen molar-refractivity contribution >= 4 is 0 Å². The van der Waals surface area contributed by atoms with Crippen LogP contribution in [0.4, 0.5) is 0 Å². The summed E-state index contributed by atoms with van der Waals surface area (Å²) < 4.78 is 0. The summed E-state index contributed by atoms with van der Waals surface area (Å²) >= 11 is 0. The minimum Gasteiger partial charge on any atom is -0.103 e. The van der Waals surface area contributed by atoms with E-state index < -0.39 is 0 Å². The summed E-state index contributed by atoms with van der Waals surface area (Å²) in [6.07, 6.45) is 12.5. The lowest BCUT2D eigenvalue weighted by molar-refractivity contribution is 0.361. The van der Waals surface area contributed by atoms with Gasteiger partial charge in [-0.15, -0.1) is 13.2 Å². The molecule has 96 valence electrons. The quantitative estimate of drug-likeness (QED) is 0.505. The fourth-order valence-electron chi connectivity index (χ4n) is 2.13. The molecule has 2 unspecified atom stereocenters. The number of rotatable bonds is 2. The van der Waals surface area contributed by atoms with E-state index in [1.807, 2.05) is 27.7 Å². The largest absolute Gasteiger partial charge is 0.103 e. The topological polar surface area (TPSA) is 0 Å². The van der Waals surface area contributed by atoms with Crippen LogP contribution in [0.15, 0.2) is 25.3 Å². The molecule has 1 saturated carbocycles. The van der Waals surface area contributed by atoms with Gasteiger partial charge in [0.25, 0.3) is 0 Å². The molecule has 0 saturated heterocycles. The molecule has 0 spiro atoms. The smallest absolute Gasteiger partial charge is 0.0173 e. The van der Waals surface area contributed by atoms with E-state index in [2.05, 4.69) is 25.3 Å². The van der Waals surface area contributed by atoms with Gasteiger partial charge >= 0.3 is 0 Å². The van der Waals surface area contributed by atoms with Crippen molar-refractivity contribution in [2.24, 2.45) is 11.8 Å². The fraction of sp³-hybridized carbons (Fsp3) is 0.750. The monoisotopic (exact) mass is 224 g/mol. The molecular weight excluding hydrogens is 192 g/mol. The van der Waals surface area contributed by atoms with Gasteiger partial charge in [-0.2, -0.15) is 0 Å². The van der Waals surface area contributed by atoms with Crippen molar-refractivity contribution in [3.05, 3.63) is 25.3 Å². The molecule has 0 aromatic heterocycles. The van der Waals surface area contributed by atoms with Gasteiger partial charge in [0.15, 0.2) is 0 Å². The van der Waals surface area contributed by atoms with E-state index in [1.54, 1.807) is 0 Å². The van der Waals surface area contributed by atoms with Crippen molar-refractivity contribution < 1.29 is 0 Å². The molecule has 0 amide bonds. The molecule has 16 heavy (non-hydrogen) atoms. The van der Waals surface area contributed by atoms with Crippen LogP contribution >= 0.6 is 0 Å². The predicted octanol–water partition coefficient (Wildman–Crippen LogP) is 6.00. The number of hydrogen-bond acceptors (Lipinski definition) is 0. The first kappa shape index (κ1) is 17.9. The van der Waals surface area contributed by atoms with E-state index in [0.29, 0.717) is 11.8 Å². The second-order valence-electron chi connectivity index (χ2n) is 3.79. The molecule has 2 atom stereocenters. The lowest BCUT2D eigenvalue weighted by Gasteiger charge is -2.23. The SMILES string of the molecule is C=CC1CCCCCCC1C=C.CC.CC. The molecule has 0 N–H and O–H groups in total. The van der Waals surface area contributed by atoms with Gasteiger partial charge in [-0.1, -0.05) is 65.5 Å². The van der Waals surface area contributed by atoms with Crippen LogP contribution in [0.1, 0.15) is 66.2 Å². The second kappa shape index (κ2) is 14.5. The molecule has 0 heterocycles. The summed E-state index contributed by atoms with van der Waals surface area (Å²) in [5.41, 5.74) is 0. The van der Waals surface area contributed by atoms with Crippen LogP contribution < -0.4 is 0 Å². The molecule has 1 aliphatic carbocycles. The Labute approximate surface area is 104 Å². The van der Waals surface area contributed by atoms with Crippen molar-refractivity contribution in [3.63, 3.8) is 0 Å². The molecule has 0 aliphatic heterocycles. The molecule has 1 aliphatic rings. The molecule has 1 fully saturated rings. The molecule has 1 rings (SSSR count). The Morgan fingerprint density at radius 3 is 1.25 bits per heavy atom. The van der Waals surface area contributed by atoms with E-state index in [4.69, 9.17) is 0 Å². The minimum atomic E-state index is 0.697. The van der Waals surface area contributed by atoms with Crippen molar-refractivity contribution in [3.8, 4) is 0 Å². The van der Waals surface area contributed by atoms with Crippen LogP contribution in [0.25, 0.3) is 0 Å². The summed E-state index contributed by atoms with van der Waals surface area (Å²) in [6.45, 7) is 15.8. The first-order valence-electron chi connectivity index (χ1n) is 7.13. The number of hydrogen-bond donors (Lipinski definition) is 0. The Balaban J connectivity index is 0. The second-order valence-corrected chi connectivity index (χ2v) is 3.79. The zero-order valence-corrected chi connectivity index (χ0v) is 12.0. The molecule has 0 heteroatoms. The zero-order chi connectivity index (χ0) is 12.8. The lowest BCUT2D eigenvalue weighted by Crippen LogP contribution is -2.12. The van der Waals surface area contributed by atoms with Gasteiger partial charge in [0, 0.05) is 0 Å². The van der Waals surface area contributed by atoms with Gasteiger partial charge in [-0.25, -0.2) is 0 Å². The highest BCUT2D eigenvalue weighted by Gasteiger charge is 2.16. The standard InChI is InChI=1S/C12H20.2C2H6/c1-3-11-9-7-5-6-8-10-12(11)4-2;2*1-2/h3-4,11-12H,1-2,5-10H2;2*1-2H3. The highest BCUT2D eigenvalue weighted by molar-refractivity contribution is 4.93. The van der Waals surface area contributed by atoms with Crippen molar-refractivity contribution in [1.29, 1.82) is 0 Å². The van der Waals surface area contributed by atoms with Gasteiger partial charge in [-0.05, 0) is 24.7 Å². The molecule has 0 aromatic carbocycles. The normalized spacial score (nSPS) is 24.5. The van der Waals surface area contributed by atoms with E-state index in [0.717, 1.165) is 0 Å². The van der Waals surface area contributed by atoms with Crippen LogP contribution in [0.3, 0.4) is 0 Å². The van der Waals surface area contributed by atoms with Crippen LogP contribution in [-0.2, 0) is 0 Å². The lowest BCUT2D eigenvalue weighted by atomic mass is 9.82. The fourth-order valence-corrected chi connectivity index (χ4v) is 2.13. The molecule has 0 radical (unpaired) electrons. The minimum absolute atomic E-state index is 0.697. The maximum Gasteiger partial charge on any atom is -0.0173 e. The first-order valence-corrected chi connectivity index (χ1v) is 7.13. The summed E-state index contributed by atoms with van der Waals surface area (Å²) in [5.74, 6) is 1.39. The van der Waals surface area contributed by atoms with Crippen LogP contribution in [0.5, 0.6) is 0 Å².